The van der Waals surface area contributed by atoms with Gasteiger partial charge in [-0.25, -0.2) is 9.50 Å². The topological polar surface area (TPSA) is 79.6 Å². The number of nitrogens with zero attached hydrogens (tertiary/aromatic N) is 4. The predicted molar refractivity (Wildman–Crippen MR) is 115 cm³/mol. The molecule has 7 heteroatoms. The van der Waals surface area contributed by atoms with E-state index < -0.39 is 0 Å². The van der Waals surface area contributed by atoms with Gasteiger partial charge in [0.05, 0.1) is 11.7 Å². The van der Waals surface area contributed by atoms with Crippen LogP contribution in [0, 0.1) is 19.8 Å². The maximum atomic E-state index is 12.7. The first-order valence-corrected chi connectivity index (χ1v) is 11.3. The fraction of sp³-hybridized carbons (Fsp3) is 0.652. The van der Waals surface area contributed by atoms with Crippen LogP contribution < -0.4 is 5.32 Å². The average molecular weight is 412 g/mol. The van der Waals surface area contributed by atoms with E-state index in [1.165, 1.54) is 0 Å². The van der Waals surface area contributed by atoms with E-state index in [1.807, 2.05) is 36.3 Å². The summed E-state index contributed by atoms with van der Waals surface area (Å²) in [5.74, 6) is 0.603. The third kappa shape index (κ3) is 4.07. The van der Waals surface area contributed by atoms with Crippen LogP contribution in [0.4, 0.5) is 0 Å². The number of carbonyl (C=O) groups is 2. The third-order valence-corrected chi connectivity index (χ3v) is 6.61. The summed E-state index contributed by atoms with van der Waals surface area (Å²) < 4.78 is 1.89. The van der Waals surface area contributed by atoms with Gasteiger partial charge >= 0.3 is 0 Å². The first-order valence-electron chi connectivity index (χ1n) is 11.3. The average Bonchev–Trinajstić information content (AvgIpc) is 3.29. The van der Waals surface area contributed by atoms with Crippen molar-refractivity contribution in [2.24, 2.45) is 5.92 Å². The summed E-state index contributed by atoms with van der Waals surface area (Å²) >= 11 is 0. The quantitative estimate of drug-likeness (QED) is 0.758. The van der Waals surface area contributed by atoms with Crippen LogP contribution >= 0.6 is 0 Å². The third-order valence-electron chi connectivity index (χ3n) is 6.61. The highest BCUT2D eigenvalue weighted by atomic mass is 16.2. The molecule has 1 aliphatic carbocycles. The molecule has 0 radical (unpaired) electrons. The molecule has 2 aromatic rings. The number of carbonyl (C=O) groups excluding carboxylic acids is 2. The number of hydrogen-bond donors (Lipinski definition) is 1. The molecule has 2 aromatic heterocycles. The van der Waals surface area contributed by atoms with Crippen LogP contribution in [0.3, 0.4) is 0 Å². The van der Waals surface area contributed by atoms with Crippen molar-refractivity contribution in [3.05, 3.63) is 28.7 Å². The number of aromatic nitrogens is 3. The van der Waals surface area contributed by atoms with Crippen LogP contribution in [-0.2, 0) is 16.0 Å². The predicted octanol–water partition coefficient (Wildman–Crippen LogP) is 3.27. The van der Waals surface area contributed by atoms with Crippen molar-refractivity contribution in [1.82, 2.24) is 24.8 Å². The molecular formula is C23H33N5O2. The number of nitrogens with one attached hydrogen (secondary N) is 1. The van der Waals surface area contributed by atoms with Crippen molar-refractivity contribution in [1.29, 1.82) is 0 Å². The molecule has 162 valence electrons. The van der Waals surface area contributed by atoms with E-state index in [4.69, 9.17) is 10.1 Å². The molecule has 1 N–H and O–H groups in total. The normalized spacial score (nSPS) is 20.0. The molecular weight excluding hydrogens is 378 g/mol. The lowest BCUT2D eigenvalue weighted by Gasteiger charge is -2.23. The maximum absolute atomic E-state index is 12.7. The van der Waals surface area contributed by atoms with E-state index in [9.17, 15) is 9.59 Å². The fourth-order valence-corrected chi connectivity index (χ4v) is 4.46. The molecule has 1 aliphatic heterocycles. The lowest BCUT2D eigenvalue weighted by Crippen LogP contribution is -2.32. The number of hydrogen-bond acceptors (Lipinski definition) is 4. The number of fused-ring (bicyclic) bond motifs is 1. The Labute approximate surface area is 178 Å². The zero-order chi connectivity index (χ0) is 21.4. The van der Waals surface area contributed by atoms with E-state index in [1.54, 1.807) is 0 Å². The number of rotatable bonds is 7. The minimum Gasteiger partial charge on any atom is -0.354 e. The largest absolute Gasteiger partial charge is 0.354 e. The van der Waals surface area contributed by atoms with Crippen molar-refractivity contribution in [2.45, 2.75) is 84.7 Å². The second-order valence-electron chi connectivity index (χ2n) is 8.94. The van der Waals surface area contributed by atoms with Gasteiger partial charge in [-0.05, 0) is 64.9 Å². The second kappa shape index (κ2) is 8.36. The first kappa shape index (κ1) is 20.8. The van der Waals surface area contributed by atoms with Gasteiger partial charge in [-0.15, -0.1) is 0 Å². The molecule has 0 aromatic carbocycles. The molecule has 2 aliphatic rings. The molecule has 2 atom stereocenters. The fourth-order valence-electron chi connectivity index (χ4n) is 4.46. The Morgan fingerprint density at radius 1 is 1.27 bits per heavy atom. The Morgan fingerprint density at radius 3 is 2.73 bits per heavy atom. The lowest BCUT2D eigenvalue weighted by molar-refractivity contribution is -0.133. The zero-order valence-corrected chi connectivity index (χ0v) is 18.6. The SMILES string of the molecule is CC[C@H](C)NC(=O)CCc1c(C)nc2cc([C@@H]3CCCN3C(=O)C3CC3)nn2c1C. The molecule has 1 saturated carbocycles. The summed E-state index contributed by atoms with van der Waals surface area (Å²) in [7, 11) is 0. The summed E-state index contributed by atoms with van der Waals surface area (Å²) in [6, 6.07) is 2.29. The van der Waals surface area contributed by atoms with Gasteiger partial charge in [-0.3, -0.25) is 9.59 Å². The monoisotopic (exact) mass is 411 g/mol. The Kier molecular flexibility index (Phi) is 5.80. The van der Waals surface area contributed by atoms with Crippen molar-refractivity contribution >= 4 is 17.5 Å². The Balaban J connectivity index is 1.55. The van der Waals surface area contributed by atoms with Crippen LogP contribution in [-0.4, -0.2) is 43.9 Å². The molecule has 0 unspecified atom stereocenters. The van der Waals surface area contributed by atoms with Gasteiger partial charge in [0.1, 0.15) is 0 Å². The van der Waals surface area contributed by atoms with Gasteiger partial charge < -0.3 is 10.2 Å². The van der Waals surface area contributed by atoms with Crippen molar-refractivity contribution < 1.29 is 9.59 Å². The van der Waals surface area contributed by atoms with Crippen LogP contribution in [0.5, 0.6) is 0 Å². The highest BCUT2D eigenvalue weighted by Gasteiger charge is 2.39. The standard InChI is InChI=1S/C23H33N5O2/c1-5-14(2)24-22(29)11-10-18-15(3)25-21-13-19(26-28(21)16(18)4)20-7-6-12-27(20)23(30)17-8-9-17/h13-14,17,20H,5-12H2,1-4H3,(H,24,29)/t14-,20-/m0/s1. The zero-order valence-electron chi connectivity index (χ0n) is 18.6. The molecule has 4 rings (SSSR count). The highest BCUT2D eigenvalue weighted by molar-refractivity contribution is 5.81. The van der Waals surface area contributed by atoms with Crippen LogP contribution in [0.1, 0.15) is 81.1 Å². The van der Waals surface area contributed by atoms with Crippen LogP contribution in [0.25, 0.3) is 5.65 Å². The summed E-state index contributed by atoms with van der Waals surface area (Å²) in [6.45, 7) is 8.96. The smallest absolute Gasteiger partial charge is 0.226 e. The lowest BCUT2D eigenvalue weighted by atomic mass is 10.1. The van der Waals surface area contributed by atoms with Gasteiger partial charge in [-0.2, -0.15) is 5.10 Å². The van der Waals surface area contributed by atoms with Crippen molar-refractivity contribution in [2.75, 3.05) is 6.54 Å². The van der Waals surface area contributed by atoms with E-state index in [-0.39, 0.29) is 23.9 Å². The van der Waals surface area contributed by atoms with Gasteiger partial charge in [-0.1, -0.05) is 6.92 Å². The summed E-state index contributed by atoms with van der Waals surface area (Å²) in [5.41, 5.74) is 4.80. The molecule has 2 amide bonds. The van der Waals surface area contributed by atoms with Crippen molar-refractivity contribution in [3.8, 4) is 0 Å². The number of amides is 2. The molecule has 30 heavy (non-hydrogen) atoms. The van der Waals surface area contributed by atoms with E-state index >= 15 is 0 Å². The summed E-state index contributed by atoms with van der Waals surface area (Å²) in [5, 5.41) is 7.88. The van der Waals surface area contributed by atoms with Crippen molar-refractivity contribution in [3.63, 3.8) is 0 Å². The second-order valence-corrected chi connectivity index (χ2v) is 8.94. The van der Waals surface area contributed by atoms with Crippen LogP contribution in [0.2, 0.25) is 0 Å². The van der Waals surface area contributed by atoms with Gasteiger partial charge in [0.25, 0.3) is 0 Å². The molecule has 1 saturated heterocycles. The molecule has 3 heterocycles. The van der Waals surface area contributed by atoms with E-state index in [0.717, 1.165) is 66.9 Å². The minimum atomic E-state index is 0.0595. The van der Waals surface area contributed by atoms with E-state index in [0.29, 0.717) is 18.7 Å². The Morgan fingerprint density at radius 2 is 2.03 bits per heavy atom. The molecule has 2 fully saturated rings. The Hall–Kier alpha value is -2.44. The molecule has 0 bridgehead atoms. The van der Waals surface area contributed by atoms with E-state index in [2.05, 4.69) is 12.2 Å². The number of aryl methyl sites for hydroxylation is 2. The Bertz CT molecular complexity index is 962. The molecule has 0 spiro atoms. The maximum Gasteiger partial charge on any atom is 0.226 e. The minimum absolute atomic E-state index is 0.0595. The summed E-state index contributed by atoms with van der Waals surface area (Å²) in [4.78, 5) is 31.7. The number of likely N-dealkylation sites (tertiary alicyclic amines) is 1. The highest BCUT2D eigenvalue weighted by Crippen LogP contribution is 2.38. The summed E-state index contributed by atoms with van der Waals surface area (Å²) in [6.07, 6.45) is 6.06. The van der Waals surface area contributed by atoms with Crippen LogP contribution in [0.15, 0.2) is 6.07 Å². The van der Waals surface area contributed by atoms with Gasteiger partial charge in [0, 0.05) is 42.4 Å². The van der Waals surface area contributed by atoms with Gasteiger partial charge in [0.2, 0.25) is 11.8 Å². The van der Waals surface area contributed by atoms with Gasteiger partial charge in [0.15, 0.2) is 5.65 Å². The first-order chi connectivity index (χ1) is 14.4. The molecule has 7 nitrogen and oxygen atoms in total.